The maximum atomic E-state index is 13.9. The summed E-state index contributed by atoms with van der Waals surface area (Å²) < 4.78 is 22.3. The van der Waals surface area contributed by atoms with Crippen LogP contribution in [0.4, 0.5) is 10.1 Å². The molecule has 1 unspecified atom stereocenters. The molecule has 1 saturated heterocycles. The molecule has 0 bridgehead atoms. The Morgan fingerprint density at radius 2 is 2.03 bits per heavy atom. The number of fused-ring (bicyclic) bond motifs is 1. The van der Waals surface area contributed by atoms with E-state index in [2.05, 4.69) is 17.3 Å². The number of amides is 1. The fraction of sp³-hybridized carbons (Fsp3) is 0.385. The van der Waals surface area contributed by atoms with Crippen molar-refractivity contribution in [1.82, 2.24) is 15.1 Å². The van der Waals surface area contributed by atoms with Crippen LogP contribution in [0.25, 0.3) is 11.1 Å². The second kappa shape index (κ2) is 7.99. The van der Waals surface area contributed by atoms with E-state index in [9.17, 15) is 9.18 Å². The summed E-state index contributed by atoms with van der Waals surface area (Å²) in [6.45, 7) is 3.93. The summed E-state index contributed by atoms with van der Waals surface area (Å²) in [5.41, 5.74) is 3.78. The van der Waals surface area contributed by atoms with Gasteiger partial charge in [0.1, 0.15) is 17.3 Å². The molecule has 0 radical (unpaired) electrons. The highest BCUT2D eigenvalue weighted by atomic mass is 19.1. The average Bonchev–Trinajstić information content (AvgIpc) is 3.51. The molecule has 1 amide bonds. The molecule has 2 fully saturated rings. The highest BCUT2D eigenvalue weighted by molar-refractivity contribution is 5.99. The predicted octanol–water partition coefficient (Wildman–Crippen LogP) is 4.70. The van der Waals surface area contributed by atoms with Crippen LogP contribution in [-0.2, 0) is 11.2 Å². The molecule has 1 atom stereocenters. The zero-order valence-corrected chi connectivity index (χ0v) is 18.6. The van der Waals surface area contributed by atoms with Crippen molar-refractivity contribution in [2.45, 2.75) is 44.7 Å². The molecule has 6 rings (SSSR count). The number of carbonyl (C=O) groups is 1. The van der Waals surface area contributed by atoms with Gasteiger partial charge in [-0.3, -0.25) is 9.48 Å². The number of ether oxygens (including phenoxy) is 1. The smallest absolute Gasteiger partial charge is 0.230 e. The lowest BCUT2D eigenvalue weighted by atomic mass is 9.92. The minimum atomic E-state index is -0.344. The molecule has 7 heteroatoms. The molecular formula is C26H27FN4O2. The molecular weight excluding hydrogens is 419 g/mol. The zero-order chi connectivity index (χ0) is 22.5. The summed E-state index contributed by atoms with van der Waals surface area (Å²) in [4.78, 5) is 15.1. The molecule has 2 aliphatic heterocycles. The Kier molecular flexibility index (Phi) is 4.94. The Bertz CT molecular complexity index is 1210. The largest absolute Gasteiger partial charge is 0.456 e. The fourth-order valence-corrected chi connectivity index (χ4v) is 4.80. The molecule has 3 heterocycles. The summed E-state index contributed by atoms with van der Waals surface area (Å²) in [6, 6.07) is 10.8. The van der Waals surface area contributed by atoms with Crippen molar-refractivity contribution in [3.8, 4) is 22.6 Å². The second-order valence-corrected chi connectivity index (χ2v) is 9.39. The Hall–Kier alpha value is -3.19. The molecule has 1 aromatic heterocycles. The first-order valence-corrected chi connectivity index (χ1v) is 11.8. The van der Waals surface area contributed by atoms with Gasteiger partial charge in [0.25, 0.3) is 0 Å². The van der Waals surface area contributed by atoms with Crippen molar-refractivity contribution in [3.63, 3.8) is 0 Å². The number of anilines is 1. The van der Waals surface area contributed by atoms with Crippen molar-refractivity contribution >= 4 is 11.6 Å². The van der Waals surface area contributed by atoms with Gasteiger partial charge in [-0.1, -0.05) is 6.07 Å². The van der Waals surface area contributed by atoms with E-state index in [1.54, 1.807) is 12.1 Å². The van der Waals surface area contributed by atoms with Crippen LogP contribution in [0.2, 0.25) is 0 Å². The summed E-state index contributed by atoms with van der Waals surface area (Å²) in [6.07, 6.45) is 7.50. The number of hydrogen-bond acceptors (Lipinski definition) is 4. The van der Waals surface area contributed by atoms with Gasteiger partial charge in [0.05, 0.1) is 17.9 Å². The number of hydrogen-bond donors (Lipinski definition) is 1. The molecule has 1 N–H and O–H groups in total. The summed E-state index contributed by atoms with van der Waals surface area (Å²) in [7, 11) is 0. The van der Waals surface area contributed by atoms with E-state index in [4.69, 9.17) is 4.74 Å². The molecule has 3 aromatic rings. The van der Waals surface area contributed by atoms with Crippen LogP contribution >= 0.6 is 0 Å². The van der Waals surface area contributed by atoms with Gasteiger partial charge < -0.3 is 15.0 Å². The van der Waals surface area contributed by atoms with Crippen molar-refractivity contribution in [1.29, 1.82) is 0 Å². The predicted molar refractivity (Wildman–Crippen MR) is 124 cm³/mol. The van der Waals surface area contributed by atoms with E-state index >= 15 is 0 Å². The van der Waals surface area contributed by atoms with E-state index in [0.29, 0.717) is 17.5 Å². The fourth-order valence-electron chi connectivity index (χ4n) is 4.80. The van der Waals surface area contributed by atoms with Crippen LogP contribution in [0, 0.1) is 11.7 Å². The Morgan fingerprint density at radius 1 is 1.18 bits per heavy atom. The normalized spacial score (nSPS) is 20.3. The van der Waals surface area contributed by atoms with E-state index < -0.39 is 0 Å². The monoisotopic (exact) mass is 446 g/mol. The van der Waals surface area contributed by atoms with Crippen LogP contribution in [-0.4, -0.2) is 34.8 Å². The summed E-state index contributed by atoms with van der Waals surface area (Å²) >= 11 is 0. The molecule has 3 aliphatic rings. The molecule has 1 aliphatic carbocycles. The topological polar surface area (TPSA) is 59.4 Å². The standard InChI is InChI=1S/C26H27FN4O2/c1-16-5-8-23-24(31(16)26(32)17-6-7-17)10-9-22(18-12-29-30(15-18)20-13-28-14-20)25(23)33-21-4-2-3-19(27)11-21/h2-4,9-12,15-17,20,28H,5-8,13-14H2,1H3. The number of carbonyl (C=O) groups excluding carboxylic acids is 1. The minimum absolute atomic E-state index is 0.139. The maximum Gasteiger partial charge on any atom is 0.230 e. The van der Waals surface area contributed by atoms with Crippen molar-refractivity contribution in [2.75, 3.05) is 18.0 Å². The zero-order valence-electron chi connectivity index (χ0n) is 18.6. The first-order chi connectivity index (χ1) is 16.1. The molecule has 0 spiro atoms. The van der Waals surface area contributed by atoms with Crippen molar-refractivity contribution in [3.05, 3.63) is 60.2 Å². The number of nitrogens with zero attached hydrogens (tertiary/aromatic N) is 3. The van der Waals surface area contributed by atoms with Crippen LogP contribution in [0.15, 0.2) is 48.8 Å². The van der Waals surface area contributed by atoms with Crippen molar-refractivity contribution in [2.24, 2.45) is 5.92 Å². The van der Waals surface area contributed by atoms with Crippen LogP contribution in [0.5, 0.6) is 11.5 Å². The van der Waals surface area contributed by atoms with Crippen molar-refractivity contribution < 1.29 is 13.9 Å². The lowest BCUT2D eigenvalue weighted by Gasteiger charge is -2.36. The van der Waals surface area contributed by atoms with Gasteiger partial charge in [0.2, 0.25) is 5.91 Å². The van der Waals surface area contributed by atoms with E-state index in [1.165, 1.54) is 12.1 Å². The van der Waals surface area contributed by atoms with Gasteiger partial charge in [-0.15, -0.1) is 0 Å². The number of aromatic nitrogens is 2. The van der Waals surface area contributed by atoms with E-state index in [-0.39, 0.29) is 23.7 Å². The number of rotatable bonds is 5. The third-order valence-electron chi connectivity index (χ3n) is 6.97. The third-order valence-corrected chi connectivity index (χ3v) is 6.97. The van der Waals surface area contributed by atoms with Gasteiger partial charge in [0.15, 0.2) is 0 Å². The van der Waals surface area contributed by atoms with Gasteiger partial charge in [-0.05, 0) is 56.9 Å². The summed E-state index contributed by atoms with van der Waals surface area (Å²) in [5.74, 6) is 1.13. The highest BCUT2D eigenvalue weighted by Gasteiger charge is 2.39. The molecule has 1 saturated carbocycles. The van der Waals surface area contributed by atoms with E-state index in [0.717, 1.165) is 61.2 Å². The second-order valence-electron chi connectivity index (χ2n) is 9.39. The lowest BCUT2D eigenvalue weighted by Crippen LogP contribution is -2.43. The van der Waals surface area contributed by atoms with Crippen LogP contribution < -0.4 is 15.0 Å². The molecule has 6 nitrogen and oxygen atoms in total. The van der Waals surface area contributed by atoms with Gasteiger partial charge in [-0.25, -0.2) is 4.39 Å². The lowest BCUT2D eigenvalue weighted by molar-refractivity contribution is -0.120. The van der Waals surface area contributed by atoms with Gasteiger partial charge >= 0.3 is 0 Å². The van der Waals surface area contributed by atoms with Gasteiger partial charge in [0, 0.05) is 54.0 Å². The average molecular weight is 447 g/mol. The first-order valence-electron chi connectivity index (χ1n) is 11.8. The Morgan fingerprint density at radius 3 is 2.76 bits per heavy atom. The molecule has 33 heavy (non-hydrogen) atoms. The highest BCUT2D eigenvalue weighted by Crippen LogP contribution is 2.46. The SMILES string of the molecule is CC1CCc2c(ccc(-c3cnn(C4CNC4)c3)c2Oc2cccc(F)c2)N1C(=O)C1CC1. The van der Waals surface area contributed by atoms with Crippen LogP contribution in [0.3, 0.4) is 0 Å². The number of nitrogens with one attached hydrogen (secondary N) is 1. The molecule has 170 valence electrons. The van der Waals surface area contributed by atoms with Gasteiger partial charge in [-0.2, -0.15) is 5.10 Å². The number of benzene rings is 2. The Labute approximate surface area is 192 Å². The quantitative estimate of drug-likeness (QED) is 0.617. The maximum absolute atomic E-state index is 13.9. The third kappa shape index (κ3) is 3.70. The van der Waals surface area contributed by atoms with E-state index in [1.807, 2.05) is 34.1 Å². The first kappa shape index (κ1) is 20.4. The molecule has 2 aromatic carbocycles. The Balaban J connectivity index is 1.46. The van der Waals surface area contributed by atoms with Crippen LogP contribution in [0.1, 0.15) is 37.8 Å². The minimum Gasteiger partial charge on any atom is -0.456 e. The number of halogens is 1. The summed E-state index contributed by atoms with van der Waals surface area (Å²) in [5, 5.41) is 7.85.